The van der Waals surface area contributed by atoms with Crippen LogP contribution in [0, 0.1) is 13.8 Å². The minimum absolute atomic E-state index is 0.132. The molecule has 0 aliphatic carbocycles. The summed E-state index contributed by atoms with van der Waals surface area (Å²) in [4.78, 5) is 17.6. The van der Waals surface area contributed by atoms with Crippen LogP contribution in [-0.2, 0) is 14.8 Å². The number of hydrogen-bond donors (Lipinski definition) is 1. The van der Waals surface area contributed by atoms with Crippen LogP contribution in [0.1, 0.15) is 24.0 Å². The number of hydrogen-bond acceptors (Lipinski definition) is 5. The summed E-state index contributed by atoms with van der Waals surface area (Å²) in [6.07, 6.45) is 1.10. The number of halogens is 1. The quantitative estimate of drug-likeness (QED) is 0.641. The van der Waals surface area contributed by atoms with Crippen molar-refractivity contribution < 1.29 is 13.2 Å². The Balaban J connectivity index is 1.58. The molecule has 0 saturated carbocycles. The lowest BCUT2D eigenvalue weighted by molar-refractivity contribution is -0.119. The summed E-state index contributed by atoms with van der Waals surface area (Å²) in [5, 5.41) is 3.76. The predicted molar refractivity (Wildman–Crippen MR) is 116 cm³/mol. The molecule has 1 fully saturated rings. The average molecular weight is 450 g/mol. The van der Waals surface area contributed by atoms with Gasteiger partial charge in [-0.25, -0.2) is 13.4 Å². The van der Waals surface area contributed by atoms with Crippen molar-refractivity contribution in [2.24, 2.45) is 0 Å². The number of amides is 1. The van der Waals surface area contributed by atoms with E-state index < -0.39 is 16.1 Å². The third-order valence-electron chi connectivity index (χ3n) is 4.98. The number of thiazole rings is 1. The van der Waals surface area contributed by atoms with Crippen LogP contribution in [0.15, 0.2) is 41.3 Å². The van der Waals surface area contributed by atoms with Crippen molar-refractivity contribution in [3.05, 3.63) is 52.5 Å². The molecule has 1 saturated heterocycles. The number of aromatic nitrogens is 1. The van der Waals surface area contributed by atoms with E-state index in [1.54, 1.807) is 0 Å². The highest BCUT2D eigenvalue weighted by molar-refractivity contribution is 7.89. The maximum Gasteiger partial charge on any atom is 0.244 e. The number of sulfonamides is 1. The first-order valence-electron chi connectivity index (χ1n) is 9.22. The van der Waals surface area contributed by atoms with Gasteiger partial charge in [-0.05, 0) is 68.1 Å². The molecule has 1 aliphatic heterocycles. The van der Waals surface area contributed by atoms with Crippen LogP contribution in [-0.4, -0.2) is 36.2 Å². The molecule has 1 N–H and O–H groups in total. The third-order valence-corrected chi connectivity index (χ3v) is 8.27. The number of aryl methyl sites for hydroxylation is 2. The van der Waals surface area contributed by atoms with Gasteiger partial charge in [0.05, 0.1) is 15.1 Å². The number of carbonyl (C=O) groups is 1. The monoisotopic (exact) mass is 449 g/mol. The Morgan fingerprint density at radius 2 is 1.97 bits per heavy atom. The Morgan fingerprint density at radius 1 is 1.24 bits per heavy atom. The number of anilines is 1. The van der Waals surface area contributed by atoms with Gasteiger partial charge < -0.3 is 5.32 Å². The summed E-state index contributed by atoms with van der Waals surface area (Å²) in [7, 11) is -3.78. The molecular formula is C20H20ClN3O3S2. The number of nitrogens with one attached hydrogen (secondary N) is 1. The van der Waals surface area contributed by atoms with Crippen molar-refractivity contribution in [2.45, 2.75) is 37.6 Å². The van der Waals surface area contributed by atoms with Gasteiger partial charge in [-0.15, -0.1) is 0 Å². The van der Waals surface area contributed by atoms with E-state index >= 15 is 0 Å². The summed E-state index contributed by atoms with van der Waals surface area (Å²) < 4.78 is 28.3. The highest BCUT2D eigenvalue weighted by Crippen LogP contribution is 2.32. The molecule has 2 heterocycles. The van der Waals surface area contributed by atoms with Crippen LogP contribution >= 0.6 is 22.9 Å². The van der Waals surface area contributed by atoms with E-state index in [0.29, 0.717) is 29.5 Å². The molecule has 152 valence electrons. The van der Waals surface area contributed by atoms with Crippen molar-refractivity contribution in [2.75, 3.05) is 11.9 Å². The van der Waals surface area contributed by atoms with Crippen LogP contribution in [0.4, 0.5) is 5.13 Å². The van der Waals surface area contributed by atoms with Crippen LogP contribution in [0.5, 0.6) is 0 Å². The van der Waals surface area contributed by atoms with Gasteiger partial charge in [0.25, 0.3) is 0 Å². The van der Waals surface area contributed by atoms with Gasteiger partial charge in [-0.1, -0.05) is 29.0 Å². The minimum atomic E-state index is -3.78. The molecule has 1 amide bonds. The van der Waals surface area contributed by atoms with Gasteiger partial charge in [0.15, 0.2) is 5.13 Å². The van der Waals surface area contributed by atoms with Gasteiger partial charge in [-0.2, -0.15) is 4.31 Å². The van der Waals surface area contributed by atoms with Gasteiger partial charge in [-0.3, -0.25) is 4.79 Å². The molecule has 9 heteroatoms. The first kappa shape index (κ1) is 20.3. The molecule has 3 aromatic rings. The molecule has 1 aromatic heterocycles. The van der Waals surface area contributed by atoms with Crippen molar-refractivity contribution in [3.63, 3.8) is 0 Å². The minimum Gasteiger partial charge on any atom is -0.301 e. The molecule has 29 heavy (non-hydrogen) atoms. The molecule has 1 atom stereocenters. The molecule has 4 rings (SSSR count). The molecule has 0 bridgehead atoms. The normalized spacial score (nSPS) is 17.7. The Hall–Kier alpha value is -2.00. The Bertz CT molecular complexity index is 1190. The van der Waals surface area contributed by atoms with Gasteiger partial charge in [0.2, 0.25) is 15.9 Å². The Labute approximate surface area is 178 Å². The smallest absolute Gasteiger partial charge is 0.244 e. The second-order valence-corrected chi connectivity index (χ2v) is 10.5. The first-order chi connectivity index (χ1) is 13.8. The second-order valence-electron chi connectivity index (χ2n) is 7.17. The van der Waals surface area contributed by atoms with Crippen LogP contribution < -0.4 is 5.32 Å². The fraction of sp³-hybridized carbons (Fsp3) is 0.300. The molecule has 2 aromatic carbocycles. The second kappa shape index (κ2) is 7.68. The Kier molecular flexibility index (Phi) is 5.37. The molecule has 0 spiro atoms. The summed E-state index contributed by atoms with van der Waals surface area (Å²) in [5.41, 5.74) is 3.04. The SMILES string of the molecule is Cc1cc(C)c2sc(NC(=O)C3CCCN3S(=O)(=O)c3ccc(Cl)cc3)nc2c1. The fourth-order valence-corrected chi connectivity index (χ4v) is 6.35. The zero-order valence-corrected chi connectivity index (χ0v) is 18.4. The zero-order chi connectivity index (χ0) is 20.8. The summed E-state index contributed by atoms with van der Waals surface area (Å²) in [6, 6.07) is 9.28. The van der Waals surface area contributed by atoms with E-state index in [9.17, 15) is 13.2 Å². The lowest BCUT2D eigenvalue weighted by Crippen LogP contribution is -2.43. The lowest BCUT2D eigenvalue weighted by Gasteiger charge is -2.23. The van der Waals surface area contributed by atoms with E-state index in [4.69, 9.17) is 11.6 Å². The maximum atomic E-state index is 13.0. The summed E-state index contributed by atoms with van der Waals surface area (Å²) in [6.45, 7) is 4.32. The molecule has 6 nitrogen and oxygen atoms in total. The van der Waals surface area contributed by atoms with E-state index in [1.807, 2.05) is 19.9 Å². The highest BCUT2D eigenvalue weighted by atomic mass is 35.5. The molecule has 1 unspecified atom stereocenters. The van der Waals surface area contributed by atoms with Crippen molar-refractivity contribution in [3.8, 4) is 0 Å². The topological polar surface area (TPSA) is 79.4 Å². The number of rotatable bonds is 4. The van der Waals surface area contributed by atoms with Crippen LogP contribution in [0.2, 0.25) is 5.02 Å². The highest BCUT2D eigenvalue weighted by Gasteiger charge is 2.39. The predicted octanol–water partition coefficient (Wildman–Crippen LogP) is 4.36. The number of nitrogens with zero attached hydrogens (tertiary/aromatic N) is 2. The van der Waals surface area contributed by atoms with E-state index in [1.165, 1.54) is 39.9 Å². The Morgan fingerprint density at radius 3 is 2.69 bits per heavy atom. The van der Waals surface area contributed by atoms with Crippen molar-refractivity contribution >= 4 is 54.2 Å². The average Bonchev–Trinajstić information content (AvgIpc) is 3.29. The molecule has 0 radical (unpaired) electrons. The summed E-state index contributed by atoms with van der Waals surface area (Å²) >= 11 is 7.27. The molecular weight excluding hydrogens is 430 g/mol. The third kappa shape index (κ3) is 3.90. The van der Waals surface area contributed by atoms with Gasteiger partial charge in [0, 0.05) is 11.6 Å². The number of benzene rings is 2. The van der Waals surface area contributed by atoms with Gasteiger partial charge in [0.1, 0.15) is 6.04 Å². The van der Waals surface area contributed by atoms with Crippen molar-refractivity contribution in [1.82, 2.24) is 9.29 Å². The standard InChI is InChI=1S/C20H20ClN3O3S2/c1-12-10-13(2)18-16(11-12)22-20(28-18)23-19(25)17-4-3-9-24(17)29(26,27)15-7-5-14(21)6-8-15/h5-8,10-11,17H,3-4,9H2,1-2H3,(H,22,23,25). The van der Waals surface area contributed by atoms with E-state index in [2.05, 4.69) is 16.4 Å². The zero-order valence-electron chi connectivity index (χ0n) is 16.0. The first-order valence-corrected chi connectivity index (χ1v) is 11.9. The van der Waals surface area contributed by atoms with Crippen LogP contribution in [0.25, 0.3) is 10.2 Å². The molecule has 1 aliphatic rings. The summed E-state index contributed by atoms with van der Waals surface area (Å²) in [5.74, 6) is -0.353. The van der Waals surface area contributed by atoms with Crippen molar-refractivity contribution in [1.29, 1.82) is 0 Å². The van der Waals surface area contributed by atoms with Gasteiger partial charge >= 0.3 is 0 Å². The van der Waals surface area contributed by atoms with Crippen LogP contribution in [0.3, 0.4) is 0 Å². The van der Waals surface area contributed by atoms with E-state index in [0.717, 1.165) is 21.3 Å². The van der Waals surface area contributed by atoms with E-state index in [-0.39, 0.29) is 10.8 Å². The number of fused-ring (bicyclic) bond motifs is 1. The maximum absolute atomic E-state index is 13.0. The lowest BCUT2D eigenvalue weighted by atomic mass is 10.1. The largest absolute Gasteiger partial charge is 0.301 e. The fourth-order valence-electron chi connectivity index (χ4n) is 3.65. The number of carbonyl (C=O) groups excluding carboxylic acids is 1.